The van der Waals surface area contributed by atoms with Crippen molar-refractivity contribution in [3.05, 3.63) is 0 Å². The second-order valence-electron chi connectivity index (χ2n) is 5.12. The van der Waals surface area contributed by atoms with Gasteiger partial charge in [-0.15, -0.1) is 0 Å². The van der Waals surface area contributed by atoms with Crippen molar-refractivity contribution >= 4 is 5.91 Å². The highest BCUT2D eigenvalue weighted by molar-refractivity contribution is 5.81. The summed E-state index contributed by atoms with van der Waals surface area (Å²) in [6.45, 7) is 3.53. The molecule has 1 atom stereocenters. The predicted octanol–water partition coefficient (Wildman–Crippen LogP) is 1.05. The lowest BCUT2D eigenvalue weighted by molar-refractivity contribution is -0.123. The van der Waals surface area contributed by atoms with Gasteiger partial charge in [-0.2, -0.15) is 0 Å². The number of nitrogens with two attached hydrogens (primary N) is 1. The van der Waals surface area contributed by atoms with Crippen molar-refractivity contribution in [3.63, 3.8) is 0 Å². The van der Waals surface area contributed by atoms with Gasteiger partial charge in [0.05, 0.1) is 6.04 Å². The first-order valence-electron chi connectivity index (χ1n) is 6.10. The molecule has 4 nitrogen and oxygen atoms in total. The van der Waals surface area contributed by atoms with Crippen molar-refractivity contribution < 1.29 is 9.53 Å². The van der Waals surface area contributed by atoms with Gasteiger partial charge in [-0.1, -0.05) is 19.8 Å². The summed E-state index contributed by atoms with van der Waals surface area (Å²) in [6.07, 6.45) is 5.56. The van der Waals surface area contributed by atoms with Crippen LogP contribution in [0.5, 0.6) is 0 Å². The fourth-order valence-electron chi connectivity index (χ4n) is 2.21. The summed E-state index contributed by atoms with van der Waals surface area (Å²) in [5.74, 6) is -0.0508. The number of ether oxygens (including phenoxy) is 1. The highest BCUT2D eigenvalue weighted by Crippen LogP contribution is 2.36. The molecule has 0 aromatic heterocycles. The SMILES string of the molecule is COCCC(N)C(=O)NCC1(C)CCCC1. The summed E-state index contributed by atoms with van der Waals surface area (Å²) >= 11 is 0. The molecule has 0 aromatic rings. The van der Waals surface area contributed by atoms with Gasteiger partial charge in [0.1, 0.15) is 0 Å². The standard InChI is InChI=1S/C12H24N2O2/c1-12(6-3-4-7-12)9-14-11(15)10(13)5-8-16-2/h10H,3-9,13H2,1-2H3,(H,14,15). The summed E-state index contributed by atoms with van der Waals surface area (Å²) < 4.78 is 4.90. The third-order valence-electron chi connectivity index (χ3n) is 3.47. The normalized spacial score (nSPS) is 20.7. The van der Waals surface area contributed by atoms with E-state index in [-0.39, 0.29) is 11.3 Å². The van der Waals surface area contributed by atoms with Gasteiger partial charge in [-0.25, -0.2) is 0 Å². The molecule has 0 saturated heterocycles. The molecule has 1 rings (SSSR count). The van der Waals surface area contributed by atoms with Crippen molar-refractivity contribution in [2.24, 2.45) is 11.1 Å². The van der Waals surface area contributed by atoms with E-state index in [4.69, 9.17) is 10.5 Å². The third-order valence-corrected chi connectivity index (χ3v) is 3.47. The van der Waals surface area contributed by atoms with E-state index in [1.54, 1.807) is 7.11 Å². The van der Waals surface area contributed by atoms with E-state index in [1.165, 1.54) is 25.7 Å². The number of nitrogens with one attached hydrogen (secondary N) is 1. The molecule has 16 heavy (non-hydrogen) atoms. The molecular weight excluding hydrogens is 204 g/mol. The molecule has 1 amide bonds. The molecule has 0 aliphatic heterocycles. The molecule has 0 heterocycles. The first-order chi connectivity index (χ1) is 7.57. The van der Waals surface area contributed by atoms with Crippen LogP contribution in [-0.4, -0.2) is 32.2 Å². The summed E-state index contributed by atoms with van der Waals surface area (Å²) in [5, 5.41) is 2.95. The molecule has 4 heteroatoms. The van der Waals surface area contributed by atoms with Gasteiger partial charge < -0.3 is 15.8 Å². The average Bonchev–Trinajstić information content (AvgIpc) is 2.70. The van der Waals surface area contributed by atoms with Gasteiger partial charge in [-0.05, 0) is 24.7 Å². The predicted molar refractivity (Wildman–Crippen MR) is 64.1 cm³/mol. The molecule has 3 N–H and O–H groups in total. The maximum atomic E-state index is 11.7. The Morgan fingerprint density at radius 2 is 2.12 bits per heavy atom. The topological polar surface area (TPSA) is 64.3 Å². The molecule has 1 saturated carbocycles. The number of carbonyl (C=O) groups is 1. The van der Waals surface area contributed by atoms with Crippen LogP contribution in [0.15, 0.2) is 0 Å². The zero-order chi connectivity index (χ0) is 12.0. The number of hydrogen-bond acceptors (Lipinski definition) is 3. The first kappa shape index (κ1) is 13.5. The summed E-state index contributed by atoms with van der Waals surface area (Å²) in [7, 11) is 1.62. The number of hydrogen-bond donors (Lipinski definition) is 2. The smallest absolute Gasteiger partial charge is 0.237 e. The van der Waals surface area contributed by atoms with E-state index >= 15 is 0 Å². The average molecular weight is 228 g/mol. The van der Waals surface area contributed by atoms with Crippen LogP contribution in [0.1, 0.15) is 39.0 Å². The summed E-state index contributed by atoms with van der Waals surface area (Å²) in [4.78, 5) is 11.7. The minimum Gasteiger partial charge on any atom is -0.385 e. The van der Waals surface area contributed by atoms with Gasteiger partial charge >= 0.3 is 0 Å². The van der Waals surface area contributed by atoms with Gasteiger partial charge in [0.15, 0.2) is 0 Å². The van der Waals surface area contributed by atoms with Crippen LogP contribution < -0.4 is 11.1 Å². The second kappa shape index (κ2) is 6.21. The minimum atomic E-state index is -0.440. The molecule has 1 aliphatic rings. The van der Waals surface area contributed by atoms with Crippen LogP contribution >= 0.6 is 0 Å². The Hall–Kier alpha value is -0.610. The molecule has 0 radical (unpaired) electrons. The fraction of sp³-hybridized carbons (Fsp3) is 0.917. The largest absolute Gasteiger partial charge is 0.385 e. The Kier molecular flexibility index (Phi) is 5.22. The minimum absolute atomic E-state index is 0.0508. The van der Waals surface area contributed by atoms with Crippen molar-refractivity contribution in [2.45, 2.75) is 45.1 Å². The van der Waals surface area contributed by atoms with Gasteiger partial charge in [0, 0.05) is 20.3 Å². The number of carbonyl (C=O) groups excluding carboxylic acids is 1. The maximum Gasteiger partial charge on any atom is 0.237 e. The maximum absolute atomic E-state index is 11.7. The zero-order valence-electron chi connectivity index (χ0n) is 10.4. The fourth-order valence-corrected chi connectivity index (χ4v) is 2.21. The van der Waals surface area contributed by atoms with Crippen LogP contribution in [0.25, 0.3) is 0 Å². The third kappa shape index (κ3) is 4.10. The van der Waals surface area contributed by atoms with Crippen molar-refractivity contribution in [1.82, 2.24) is 5.32 Å². The van der Waals surface area contributed by atoms with E-state index in [9.17, 15) is 4.79 Å². The van der Waals surface area contributed by atoms with Gasteiger partial charge in [-0.3, -0.25) is 4.79 Å². The monoisotopic (exact) mass is 228 g/mol. The molecular formula is C12H24N2O2. The number of amides is 1. The van der Waals surface area contributed by atoms with E-state index in [0.29, 0.717) is 13.0 Å². The lowest BCUT2D eigenvalue weighted by Gasteiger charge is -2.24. The molecule has 0 bridgehead atoms. The van der Waals surface area contributed by atoms with Crippen LogP contribution in [0.4, 0.5) is 0 Å². The Morgan fingerprint density at radius 1 is 1.50 bits per heavy atom. The number of methoxy groups -OCH3 is 1. The van der Waals surface area contributed by atoms with Crippen LogP contribution in [0.3, 0.4) is 0 Å². The Bertz CT molecular complexity index is 225. The quantitative estimate of drug-likeness (QED) is 0.714. The van der Waals surface area contributed by atoms with Crippen LogP contribution in [-0.2, 0) is 9.53 Å². The van der Waals surface area contributed by atoms with Gasteiger partial charge in [0.25, 0.3) is 0 Å². The Balaban J connectivity index is 2.23. The molecule has 0 spiro atoms. The molecule has 1 aliphatic carbocycles. The lowest BCUT2D eigenvalue weighted by atomic mass is 9.89. The Labute approximate surface area is 97.9 Å². The van der Waals surface area contributed by atoms with E-state index < -0.39 is 6.04 Å². The van der Waals surface area contributed by atoms with Crippen LogP contribution in [0.2, 0.25) is 0 Å². The van der Waals surface area contributed by atoms with E-state index in [1.807, 2.05) is 0 Å². The summed E-state index contributed by atoms with van der Waals surface area (Å²) in [5.41, 5.74) is 6.03. The second-order valence-corrected chi connectivity index (χ2v) is 5.12. The van der Waals surface area contributed by atoms with Crippen LogP contribution in [0, 0.1) is 5.41 Å². The Morgan fingerprint density at radius 3 is 2.69 bits per heavy atom. The summed E-state index contributed by atoms with van der Waals surface area (Å²) in [6, 6.07) is -0.440. The van der Waals surface area contributed by atoms with E-state index in [0.717, 1.165) is 6.54 Å². The number of rotatable bonds is 6. The highest BCUT2D eigenvalue weighted by atomic mass is 16.5. The van der Waals surface area contributed by atoms with Crippen molar-refractivity contribution in [2.75, 3.05) is 20.3 Å². The zero-order valence-corrected chi connectivity index (χ0v) is 10.4. The molecule has 1 unspecified atom stereocenters. The molecule has 94 valence electrons. The van der Waals surface area contributed by atoms with Gasteiger partial charge in [0.2, 0.25) is 5.91 Å². The first-order valence-corrected chi connectivity index (χ1v) is 6.10. The van der Waals surface area contributed by atoms with Crippen molar-refractivity contribution in [3.8, 4) is 0 Å². The van der Waals surface area contributed by atoms with Crippen molar-refractivity contribution in [1.29, 1.82) is 0 Å². The lowest BCUT2D eigenvalue weighted by Crippen LogP contribution is -2.44. The van der Waals surface area contributed by atoms with E-state index in [2.05, 4.69) is 12.2 Å². The molecule has 0 aromatic carbocycles. The highest BCUT2D eigenvalue weighted by Gasteiger charge is 2.29. The molecule has 1 fully saturated rings.